The van der Waals surface area contributed by atoms with Crippen molar-refractivity contribution >= 4 is 16.3 Å². The minimum absolute atomic E-state index is 0. The Hall–Kier alpha value is 0.332. The number of benzene rings is 1. The number of halogens is 2. The van der Waals surface area contributed by atoms with Crippen molar-refractivity contribution in [3.8, 4) is 0 Å². The van der Waals surface area contributed by atoms with E-state index in [-0.39, 0.29) is 24.8 Å². The fraction of sp³-hybridized carbons (Fsp3) is 0.333. The maximum absolute atomic E-state index is 2.75. The zero-order chi connectivity index (χ0) is 7.40. The van der Waals surface area contributed by atoms with Crippen LogP contribution in [0.1, 0.15) is 11.1 Å². The maximum Gasteiger partial charge on any atom is -1.00 e. The first-order chi connectivity index (χ1) is 4.84. The van der Waals surface area contributed by atoms with Gasteiger partial charge in [-0.1, -0.05) is 0 Å². The average molecular weight is 217 g/mol. The molecular formula is C9H11AlCl2. The molecule has 0 saturated carbocycles. The van der Waals surface area contributed by atoms with Crippen LogP contribution in [0.4, 0.5) is 0 Å². The van der Waals surface area contributed by atoms with Crippen LogP contribution in [0, 0.1) is 6.92 Å². The Balaban J connectivity index is 0. The molecule has 0 aromatic heterocycles. The smallest absolute Gasteiger partial charge is 1.00 e. The quantitative estimate of drug-likeness (QED) is 0.445. The summed E-state index contributed by atoms with van der Waals surface area (Å²) in [6.07, 6.45) is 1.18. The molecular weight excluding hydrogens is 206 g/mol. The Morgan fingerprint density at radius 2 is 1.75 bits per heavy atom. The van der Waals surface area contributed by atoms with E-state index in [1.807, 2.05) is 0 Å². The fourth-order valence-corrected chi connectivity index (χ4v) is 1.36. The molecule has 0 radical (unpaired) electrons. The molecule has 0 atom stereocenters. The number of rotatable bonds is 2. The summed E-state index contributed by atoms with van der Waals surface area (Å²) in [6, 6.07) is 8.54. The molecule has 0 saturated heterocycles. The van der Waals surface area contributed by atoms with E-state index in [0.717, 1.165) is 5.28 Å². The molecule has 0 spiro atoms. The van der Waals surface area contributed by atoms with Crippen molar-refractivity contribution in [3.63, 3.8) is 0 Å². The van der Waals surface area contributed by atoms with Gasteiger partial charge in [0.15, 0.2) is 0 Å². The standard InChI is InChI=1S/C9H11.Al.2ClH/c1-3-9-7-5-4-6-8(9)2;;;/h4-7H,1,3H2,2H3;;2*1H/q;+2;;/p-2. The molecule has 0 N–H and O–H groups in total. The predicted molar refractivity (Wildman–Crippen MR) is 45.4 cm³/mol. The molecule has 1 aromatic rings. The van der Waals surface area contributed by atoms with Crippen LogP contribution >= 0.6 is 0 Å². The molecule has 0 fully saturated rings. The molecule has 0 heterocycles. The van der Waals surface area contributed by atoms with Gasteiger partial charge in [0.25, 0.3) is 0 Å². The van der Waals surface area contributed by atoms with Crippen molar-refractivity contribution < 1.29 is 24.8 Å². The number of hydrogen-bond acceptors (Lipinski definition) is 0. The minimum Gasteiger partial charge on any atom is -1.00 e. The van der Waals surface area contributed by atoms with Crippen LogP contribution in [0.5, 0.6) is 0 Å². The Morgan fingerprint density at radius 1 is 1.17 bits per heavy atom. The van der Waals surface area contributed by atoms with E-state index in [0.29, 0.717) is 0 Å². The topological polar surface area (TPSA) is 0 Å². The molecule has 0 aliphatic heterocycles. The van der Waals surface area contributed by atoms with E-state index in [4.69, 9.17) is 0 Å². The van der Waals surface area contributed by atoms with E-state index in [2.05, 4.69) is 47.5 Å². The van der Waals surface area contributed by atoms with Crippen molar-refractivity contribution in [2.24, 2.45) is 0 Å². The summed E-state index contributed by atoms with van der Waals surface area (Å²) in [5.41, 5.74) is 2.88. The van der Waals surface area contributed by atoms with Crippen molar-refractivity contribution in [2.45, 2.75) is 18.6 Å². The summed E-state index contributed by atoms with van der Waals surface area (Å²) in [5.74, 6) is 0. The predicted octanol–water partition coefficient (Wildman–Crippen LogP) is -3.87. The van der Waals surface area contributed by atoms with Gasteiger partial charge in [-0.2, -0.15) is 0 Å². The Labute approximate surface area is 95.0 Å². The normalized spacial score (nSPS) is 8.25. The molecule has 0 unspecified atom stereocenters. The maximum atomic E-state index is 2.75. The van der Waals surface area contributed by atoms with Crippen LogP contribution in [0.15, 0.2) is 24.3 Å². The SMILES string of the molecule is Cc1ccccc1C[CH2][Al+2].[Cl-].[Cl-]. The minimum atomic E-state index is 0. The summed E-state index contributed by atoms with van der Waals surface area (Å²) in [6.45, 7) is 2.16. The van der Waals surface area contributed by atoms with Crippen LogP contribution in [-0.4, -0.2) is 16.3 Å². The zero-order valence-corrected chi connectivity index (χ0v) is 9.72. The van der Waals surface area contributed by atoms with Crippen molar-refractivity contribution in [1.82, 2.24) is 0 Å². The zero-order valence-electron chi connectivity index (χ0n) is 7.06. The van der Waals surface area contributed by atoms with E-state index in [1.54, 1.807) is 0 Å². The molecule has 0 bridgehead atoms. The molecule has 0 aliphatic rings. The number of hydrogen-bond donors (Lipinski definition) is 0. The molecule has 1 rings (SSSR count). The summed E-state index contributed by atoms with van der Waals surface area (Å²) in [5, 5.41) is 1.16. The molecule has 0 amide bonds. The Bertz CT molecular complexity index is 213. The summed E-state index contributed by atoms with van der Waals surface area (Å²) >= 11 is 2.75. The second kappa shape index (κ2) is 7.95. The van der Waals surface area contributed by atoms with Gasteiger partial charge in [-0.3, -0.25) is 0 Å². The first kappa shape index (κ1) is 14.8. The molecule has 0 nitrogen and oxygen atoms in total. The summed E-state index contributed by atoms with van der Waals surface area (Å²) < 4.78 is 0. The summed E-state index contributed by atoms with van der Waals surface area (Å²) in [7, 11) is 0. The third-order valence-corrected chi connectivity index (χ3v) is 1.96. The van der Waals surface area contributed by atoms with Crippen LogP contribution < -0.4 is 24.8 Å². The average Bonchev–Trinajstić information content (AvgIpc) is 1.94. The van der Waals surface area contributed by atoms with Crippen molar-refractivity contribution in [3.05, 3.63) is 35.4 Å². The Morgan fingerprint density at radius 3 is 2.25 bits per heavy atom. The molecule has 0 aliphatic carbocycles. The molecule has 64 valence electrons. The second-order valence-electron chi connectivity index (χ2n) is 2.47. The van der Waals surface area contributed by atoms with Gasteiger partial charge in [-0.05, 0) is 0 Å². The molecule has 1 aromatic carbocycles. The monoisotopic (exact) mass is 216 g/mol. The van der Waals surface area contributed by atoms with Gasteiger partial charge in [-0.15, -0.1) is 0 Å². The van der Waals surface area contributed by atoms with Gasteiger partial charge in [0.2, 0.25) is 0 Å². The van der Waals surface area contributed by atoms with Gasteiger partial charge < -0.3 is 24.8 Å². The molecule has 3 heteroatoms. The van der Waals surface area contributed by atoms with Gasteiger partial charge in [-0.25, -0.2) is 0 Å². The second-order valence-corrected chi connectivity index (χ2v) is 3.04. The van der Waals surface area contributed by atoms with Gasteiger partial charge >= 0.3 is 70.3 Å². The van der Waals surface area contributed by atoms with Crippen LogP contribution in [-0.2, 0) is 6.42 Å². The first-order valence-corrected chi connectivity index (χ1v) is 4.41. The van der Waals surface area contributed by atoms with E-state index in [9.17, 15) is 0 Å². The van der Waals surface area contributed by atoms with Gasteiger partial charge in [0, 0.05) is 0 Å². The van der Waals surface area contributed by atoms with E-state index >= 15 is 0 Å². The van der Waals surface area contributed by atoms with Crippen LogP contribution in [0.2, 0.25) is 5.28 Å². The van der Waals surface area contributed by atoms with E-state index in [1.165, 1.54) is 17.5 Å². The largest absolute Gasteiger partial charge is 1.00 e. The van der Waals surface area contributed by atoms with Gasteiger partial charge in [0.05, 0.1) is 0 Å². The Kier molecular flexibility index (Phi) is 9.83. The first-order valence-electron chi connectivity index (χ1n) is 3.59. The summed E-state index contributed by atoms with van der Waals surface area (Å²) in [4.78, 5) is 0. The van der Waals surface area contributed by atoms with Crippen molar-refractivity contribution in [2.75, 3.05) is 0 Å². The van der Waals surface area contributed by atoms with Crippen molar-refractivity contribution in [1.29, 1.82) is 0 Å². The van der Waals surface area contributed by atoms with E-state index < -0.39 is 0 Å². The van der Waals surface area contributed by atoms with Crippen LogP contribution in [0.3, 0.4) is 0 Å². The van der Waals surface area contributed by atoms with Crippen LogP contribution in [0.25, 0.3) is 0 Å². The number of aryl methyl sites for hydroxylation is 2. The van der Waals surface area contributed by atoms with Gasteiger partial charge in [0.1, 0.15) is 0 Å². The molecule has 12 heavy (non-hydrogen) atoms. The third-order valence-electron chi connectivity index (χ3n) is 1.67. The third kappa shape index (κ3) is 4.38. The fourth-order valence-electron chi connectivity index (χ4n) is 1.05.